The van der Waals surface area contributed by atoms with Crippen LogP contribution in [0.5, 0.6) is 5.75 Å². The SMILES string of the molecule is COc1ccc(C2(O)CCCCC2CN2CCCC2)cc1. The lowest BCUT2D eigenvalue weighted by molar-refractivity contribution is -0.0638. The molecule has 3 nitrogen and oxygen atoms in total. The summed E-state index contributed by atoms with van der Waals surface area (Å²) >= 11 is 0. The molecule has 1 N–H and O–H groups in total. The number of rotatable bonds is 4. The Morgan fingerprint density at radius 3 is 2.52 bits per heavy atom. The van der Waals surface area contributed by atoms with Gasteiger partial charge in [-0.2, -0.15) is 0 Å². The van der Waals surface area contributed by atoms with Crippen LogP contribution in [0, 0.1) is 5.92 Å². The van der Waals surface area contributed by atoms with Crippen molar-refractivity contribution in [3.05, 3.63) is 29.8 Å². The quantitative estimate of drug-likeness (QED) is 0.924. The number of benzene rings is 1. The van der Waals surface area contributed by atoms with Crippen molar-refractivity contribution in [2.75, 3.05) is 26.7 Å². The van der Waals surface area contributed by atoms with Gasteiger partial charge in [0, 0.05) is 12.5 Å². The van der Waals surface area contributed by atoms with Gasteiger partial charge in [0.05, 0.1) is 12.7 Å². The van der Waals surface area contributed by atoms with Crippen molar-refractivity contribution in [1.82, 2.24) is 4.90 Å². The number of methoxy groups -OCH3 is 1. The monoisotopic (exact) mass is 289 g/mol. The highest BCUT2D eigenvalue weighted by molar-refractivity contribution is 5.31. The molecular formula is C18H27NO2. The summed E-state index contributed by atoms with van der Waals surface area (Å²) in [5.74, 6) is 1.21. The highest BCUT2D eigenvalue weighted by Crippen LogP contribution is 2.42. The van der Waals surface area contributed by atoms with Crippen molar-refractivity contribution in [3.8, 4) is 5.75 Å². The van der Waals surface area contributed by atoms with Crippen molar-refractivity contribution in [2.24, 2.45) is 5.92 Å². The third kappa shape index (κ3) is 3.09. The first-order valence-electron chi connectivity index (χ1n) is 8.31. The maximum Gasteiger partial charge on any atom is 0.118 e. The molecule has 21 heavy (non-hydrogen) atoms. The molecule has 0 amide bonds. The van der Waals surface area contributed by atoms with E-state index in [1.54, 1.807) is 7.11 Å². The second-order valence-corrected chi connectivity index (χ2v) is 6.60. The third-order valence-electron chi connectivity index (χ3n) is 5.30. The van der Waals surface area contributed by atoms with Gasteiger partial charge >= 0.3 is 0 Å². The fourth-order valence-corrected chi connectivity index (χ4v) is 4.01. The van der Waals surface area contributed by atoms with E-state index >= 15 is 0 Å². The molecule has 1 saturated heterocycles. The van der Waals surface area contributed by atoms with Crippen LogP contribution in [-0.4, -0.2) is 36.8 Å². The lowest BCUT2D eigenvalue weighted by atomic mass is 9.71. The minimum atomic E-state index is -0.660. The van der Waals surface area contributed by atoms with E-state index in [1.807, 2.05) is 24.3 Å². The Balaban J connectivity index is 1.79. The lowest BCUT2D eigenvalue weighted by Gasteiger charge is -2.42. The van der Waals surface area contributed by atoms with Crippen LogP contribution in [0.2, 0.25) is 0 Å². The van der Waals surface area contributed by atoms with Gasteiger partial charge in [0.25, 0.3) is 0 Å². The Kier molecular flexibility index (Phi) is 4.51. The van der Waals surface area contributed by atoms with Gasteiger partial charge in [-0.25, -0.2) is 0 Å². The predicted molar refractivity (Wildman–Crippen MR) is 84.5 cm³/mol. The molecule has 0 bridgehead atoms. The minimum absolute atomic E-state index is 0.359. The molecule has 2 atom stereocenters. The van der Waals surface area contributed by atoms with E-state index in [9.17, 15) is 5.11 Å². The second-order valence-electron chi connectivity index (χ2n) is 6.60. The van der Waals surface area contributed by atoms with Crippen LogP contribution in [0.15, 0.2) is 24.3 Å². The van der Waals surface area contributed by atoms with Crippen LogP contribution >= 0.6 is 0 Å². The number of hydrogen-bond acceptors (Lipinski definition) is 3. The first-order valence-corrected chi connectivity index (χ1v) is 8.31. The summed E-state index contributed by atoms with van der Waals surface area (Å²) < 4.78 is 5.23. The fourth-order valence-electron chi connectivity index (χ4n) is 4.01. The van der Waals surface area contributed by atoms with Gasteiger partial charge in [-0.1, -0.05) is 25.0 Å². The molecule has 1 saturated carbocycles. The van der Waals surface area contributed by atoms with Crippen LogP contribution in [0.3, 0.4) is 0 Å². The molecule has 2 unspecified atom stereocenters. The maximum atomic E-state index is 11.4. The molecule has 3 heteroatoms. The Morgan fingerprint density at radius 2 is 1.86 bits per heavy atom. The average Bonchev–Trinajstić information content (AvgIpc) is 3.03. The predicted octanol–water partition coefficient (Wildman–Crippen LogP) is 3.17. The van der Waals surface area contributed by atoms with E-state index in [0.717, 1.165) is 37.1 Å². The van der Waals surface area contributed by atoms with Gasteiger partial charge in [0.2, 0.25) is 0 Å². The zero-order valence-electron chi connectivity index (χ0n) is 13.1. The highest BCUT2D eigenvalue weighted by atomic mass is 16.5. The van der Waals surface area contributed by atoms with Gasteiger partial charge in [0.1, 0.15) is 5.75 Å². The molecule has 1 aliphatic heterocycles. The third-order valence-corrected chi connectivity index (χ3v) is 5.30. The van der Waals surface area contributed by atoms with Gasteiger partial charge in [-0.15, -0.1) is 0 Å². The van der Waals surface area contributed by atoms with Crippen LogP contribution < -0.4 is 4.74 Å². The summed E-state index contributed by atoms with van der Waals surface area (Å²) in [6.07, 6.45) is 7.02. The molecule has 2 fully saturated rings. The van der Waals surface area contributed by atoms with Gasteiger partial charge in [0.15, 0.2) is 0 Å². The summed E-state index contributed by atoms with van der Waals surface area (Å²) in [7, 11) is 1.68. The van der Waals surface area contributed by atoms with Gasteiger partial charge in [-0.3, -0.25) is 0 Å². The summed E-state index contributed by atoms with van der Waals surface area (Å²) in [5, 5.41) is 11.4. The Hall–Kier alpha value is -1.06. The standard InChI is InChI=1S/C18H27NO2/c1-21-17-9-7-15(8-10-17)18(20)11-3-2-6-16(18)14-19-12-4-5-13-19/h7-10,16,20H,2-6,11-14H2,1H3. The van der Waals surface area contributed by atoms with Crippen molar-refractivity contribution >= 4 is 0 Å². The summed E-state index contributed by atoms with van der Waals surface area (Å²) in [6, 6.07) is 8.02. The fraction of sp³-hybridized carbons (Fsp3) is 0.667. The molecular weight excluding hydrogens is 262 g/mol. The van der Waals surface area contributed by atoms with E-state index in [1.165, 1.54) is 32.4 Å². The molecule has 1 aliphatic carbocycles. The van der Waals surface area contributed by atoms with Crippen LogP contribution in [0.4, 0.5) is 0 Å². The summed E-state index contributed by atoms with van der Waals surface area (Å²) in [4.78, 5) is 2.53. The average molecular weight is 289 g/mol. The summed E-state index contributed by atoms with van der Waals surface area (Å²) in [5.41, 5.74) is 0.403. The molecule has 1 aromatic carbocycles. The molecule has 0 spiro atoms. The normalized spacial score (nSPS) is 30.5. The largest absolute Gasteiger partial charge is 0.497 e. The number of likely N-dealkylation sites (tertiary alicyclic amines) is 1. The molecule has 1 heterocycles. The van der Waals surface area contributed by atoms with Crippen molar-refractivity contribution in [1.29, 1.82) is 0 Å². The topological polar surface area (TPSA) is 32.7 Å². The smallest absolute Gasteiger partial charge is 0.118 e. The molecule has 2 aliphatic rings. The molecule has 0 aromatic heterocycles. The minimum Gasteiger partial charge on any atom is -0.497 e. The molecule has 116 valence electrons. The Labute approximate surface area is 127 Å². The Morgan fingerprint density at radius 1 is 1.14 bits per heavy atom. The number of hydrogen-bond donors (Lipinski definition) is 1. The molecule has 1 aromatic rings. The van der Waals surface area contributed by atoms with E-state index < -0.39 is 5.60 Å². The molecule has 3 rings (SSSR count). The second kappa shape index (κ2) is 6.37. The maximum absolute atomic E-state index is 11.4. The van der Waals surface area contributed by atoms with Gasteiger partial charge in [-0.05, 0) is 56.5 Å². The Bertz CT molecular complexity index is 453. The van der Waals surface area contributed by atoms with E-state index in [2.05, 4.69) is 4.90 Å². The summed E-state index contributed by atoms with van der Waals surface area (Å²) in [6.45, 7) is 3.45. The first kappa shape index (κ1) is 14.9. The number of aliphatic hydroxyl groups is 1. The van der Waals surface area contributed by atoms with Crippen LogP contribution in [0.25, 0.3) is 0 Å². The lowest BCUT2D eigenvalue weighted by Crippen LogP contribution is -2.44. The number of nitrogens with zero attached hydrogens (tertiary/aromatic N) is 1. The van der Waals surface area contributed by atoms with Crippen molar-refractivity contribution in [3.63, 3.8) is 0 Å². The van der Waals surface area contributed by atoms with E-state index in [0.29, 0.717) is 5.92 Å². The van der Waals surface area contributed by atoms with Crippen molar-refractivity contribution in [2.45, 2.75) is 44.1 Å². The van der Waals surface area contributed by atoms with E-state index in [-0.39, 0.29) is 0 Å². The number of ether oxygens (including phenoxy) is 1. The first-order chi connectivity index (χ1) is 10.2. The zero-order chi connectivity index (χ0) is 14.7. The highest BCUT2D eigenvalue weighted by Gasteiger charge is 2.41. The van der Waals surface area contributed by atoms with Crippen LogP contribution in [0.1, 0.15) is 44.1 Å². The van der Waals surface area contributed by atoms with E-state index in [4.69, 9.17) is 4.74 Å². The zero-order valence-corrected chi connectivity index (χ0v) is 13.1. The van der Waals surface area contributed by atoms with Crippen molar-refractivity contribution < 1.29 is 9.84 Å². The van der Waals surface area contributed by atoms with Crippen LogP contribution in [-0.2, 0) is 5.60 Å². The molecule has 0 radical (unpaired) electrons. The van der Waals surface area contributed by atoms with Gasteiger partial charge < -0.3 is 14.7 Å².